The smallest absolute Gasteiger partial charge is 0.119 e. The van der Waals surface area contributed by atoms with Gasteiger partial charge in [-0.05, 0) is 79.8 Å². The molecule has 1 saturated carbocycles. The molecule has 3 rings (SSSR count). The normalized spacial score (nSPS) is 20.7. The van der Waals surface area contributed by atoms with Crippen molar-refractivity contribution in [2.45, 2.75) is 44.4 Å². The maximum atomic E-state index is 8.89. The maximum Gasteiger partial charge on any atom is 0.119 e. The summed E-state index contributed by atoms with van der Waals surface area (Å²) in [5.41, 5.74) is 3.57. The van der Waals surface area contributed by atoms with Crippen molar-refractivity contribution in [1.82, 2.24) is 0 Å². The zero-order valence-electron chi connectivity index (χ0n) is 13.7. The topological polar surface area (TPSA) is 33.0 Å². The first-order chi connectivity index (χ1) is 11.3. The largest absolute Gasteiger partial charge is 0.494 e. The summed E-state index contributed by atoms with van der Waals surface area (Å²) in [7, 11) is 0. The van der Waals surface area contributed by atoms with E-state index in [-0.39, 0.29) is 0 Å². The van der Waals surface area contributed by atoms with E-state index >= 15 is 0 Å². The number of ether oxygens (including phenoxy) is 1. The molecule has 0 aromatic heterocycles. The van der Waals surface area contributed by atoms with E-state index in [0.717, 1.165) is 17.9 Å². The van der Waals surface area contributed by atoms with Crippen LogP contribution in [0.25, 0.3) is 0 Å². The van der Waals surface area contributed by atoms with E-state index in [4.69, 9.17) is 10.00 Å². The van der Waals surface area contributed by atoms with Crippen molar-refractivity contribution in [1.29, 1.82) is 5.26 Å². The molecule has 0 saturated heterocycles. The zero-order valence-corrected chi connectivity index (χ0v) is 13.7. The summed E-state index contributed by atoms with van der Waals surface area (Å²) < 4.78 is 5.52. The third kappa shape index (κ3) is 3.74. The summed E-state index contributed by atoms with van der Waals surface area (Å²) in [6.07, 6.45) is 4.92. The highest BCUT2D eigenvalue weighted by Gasteiger charge is 2.23. The fraction of sp³-hybridized carbons (Fsp3) is 0.381. The third-order valence-electron chi connectivity index (χ3n) is 4.90. The van der Waals surface area contributed by atoms with Gasteiger partial charge in [0.1, 0.15) is 5.75 Å². The molecule has 23 heavy (non-hydrogen) atoms. The first-order valence-electron chi connectivity index (χ1n) is 8.53. The molecule has 0 aliphatic heterocycles. The average molecular weight is 305 g/mol. The molecular formula is C21H23NO. The van der Waals surface area contributed by atoms with Gasteiger partial charge in [0.25, 0.3) is 0 Å². The van der Waals surface area contributed by atoms with Gasteiger partial charge in [-0.2, -0.15) is 5.26 Å². The summed E-state index contributed by atoms with van der Waals surface area (Å²) >= 11 is 0. The van der Waals surface area contributed by atoms with Gasteiger partial charge in [0.2, 0.25) is 0 Å². The first kappa shape index (κ1) is 15.6. The Hall–Kier alpha value is -2.27. The third-order valence-corrected chi connectivity index (χ3v) is 4.90. The monoisotopic (exact) mass is 305 g/mol. The van der Waals surface area contributed by atoms with Crippen LogP contribution in [-0.2, 0) is 0 Å². The van der Waals surface area contributed by atoms with Gasteiger partial charge in [-0.3, -0.25) is 0 Å². The molecule has 0 amide bonds. The van der Waals surface area contributed by atoms with Crippen molar-refractivity contribution in [3.63, 3.8) is 0 Å². The summed E-state index contributed by atoms with van der Waals surface area (Å²) in [6, 6.07) is 18.9. The number of rotatable bonds is 4. The molecule has 2 heteroatoms. The molecule has 1 fully saturated rings. The quantitative estimate of drug-likeness (QED) is 0.757. The van der Waals surface area contributed by atoms with Crippen LogP contribution < -0.4 is 4.74 Å². The predicted molar refractivity (Wildman–Crippen MR) is 92.7 cm³/mol. The van der Waals surface area contributed by atoms with E-state index in [2.05, 4.69) is 42.5 Å². The van der Waals surface area contributed by atoms with E-state index in [1.54, 1.807) is 0 Å². The zero-order chi connectivity index (χ0) is 16.1. The van der Waals surface area contributed by atoms with Crippen LogP contribution in [0.15, 0.2) is 48.5 Å². The lowest BCUT2D eigenvalue weighted by Gasteiger charge is -2.29. The summed E-state index contributed by atoms with van der Waals surface area (Å²) in [6.45, 7) is 2.73. The van der Waals surface area contributed by atoms with Gasteiger partial charge in [-0.25, -0.2) is 0 Å². The number of nitriles is 1. The van der Waals surface area contributed by atoms with Gasteiger partial charge in [-0.15, -0.1) is 0 Å². The van der Waals surface area contributed by atoms with Crippen molar-refractivity contribution in [3.05, 3.63) is 65.2 Å². The van der Waals surface area contributed by atoms with E-state index in [1.807, 2.05) is 19.1 Å². The Balaban J connectivity index is 1.60. The van der Waals surface area contributed by atoms with Crippen LogP contribution in [0.2, 0.25) is 0 Å². The van der Waals surface area contributed by atoms with Gasteiger partial charge in [-0.1, -0.05) is 24.3 Å². The van der Waals surface area contributed by atoms with Gasteiger partial charge in [0, 0.05) is 0 Å². The van der Waals surface area contributed by atoms with Crippen LogP contribution in [0.3, 0.4) is 0 Å². The summed E-state index contributed by atoms with van der Waals surface area (Å²) in [4.78, 5) is 0. The summed E-state index contributed by atoms with van der Waals surface area (Å²) in [5.74, 6) is 2.27. The molecule has 2 aromatic rings. The molecule has 2 aromatic carbocycles. The minimum absolute atomic E-state index is 0.640. The molecule has 0 atom stereocenters. The summed E-state index contributed by atoms with van der Waals surface area (Å²) in [5, 5.41) is 8.89. The molecule has 0 unspecified atom stereocenters. The van der Waals surface area contributed by atoms with E-state index in [1.165, 1.54) is 36.8 Å². The van der Waals surface area contributed by atoms with Crippen molar-refractivity contribution in [2.75, 3.05) is 6.61 Å². The molecule has 0 heterocycles. The van der Waals surface area contributed by atoms with Crippen molar-refractivity contribution >= 4 is 0 Å². The second kappa shape index (κ2) is 7.33. The van der Waals surface area contributed by atoms with Gasteiger partial charge >= 0.3 is 0 Å². The predicted octanol–water partition coefficient (Wildman–Crippen LogP) is 5.40. The van der Waals surface area contributed by atoms with Gasteiger partial charge < -0.3 is 4.74 Å². The number of nitrogens with zero attached hydrogens (tertiary/aromatic N) is 1. The van der Waals surface area contributed by atoms with Crippen LogP contribution in [0.1, 0.15) is 61.1 Å². The molecule has 1 aliphatic carbocycles. The highest BCUT2D eigenvalue weighted by Crippen LogP contribution is 2.40. The minimum Gasteiger partial charge on any atom is -0.494 e. The second-order valence-electron chi connectivity index (χ2n) is 6.28. The van der Waals surface area contributed by atoms with Crippen molar-refractivity contribution in [3.8, 4) is 11.8 Å². The molecule has 0 radical (unpaired) electrons. The van der Waals surface area contributed by atoms with Gasteiger partial charge in [0.05, 0.1) is 18.2 Å². The molecular weight excluding hydrogens is 282 g/mol. The molecule has 1 aliphatic rings. The van der Waals surface area contributed by atoms with Crippen LogP contribution >= 0.6 is 0 Å². The number of benzene rings is 2. The van der Waals surface area contributed by atoms with Crippen molar-refractivity contribution in [2.24, 2.45) is 0 Å². The van der Waals surface area contributed by atoms with E-state index in [9.17, 15) is 0 Å². The Labute approximate surface area is 138 Å². The average Bonchev–Trinajstić information content (AvgIpc) is 2.63. The fourth-order valence-corrected chi connectivity index (χ4v) is 3.59. The Morgan fingerprint density at radius 1 is 0.870 bits per heavy atom. The highest BCUT2D eigenvalue weighted by molar-refractivity contribution is 5.34. The SMILES string of the molecule is CCOc1ccc([C@H]2CC[C@H](c3ccc(C#N)cc3)CC2)cc1. The molecule has 0 bridgehead atoms. The van der Waals surface area contributed by atoms with Crippen LogP contribution in [-0.4, -0.2) is 6.61 Å². The molecule has 0 N–H and O–H groups in total. The molecule has 2 nitrogen and oxygen atoms in total. The van der Waals surface area contributed by atoms with Crippen LogP contribution in [0, 0.1) is 11.3 Å². The van der Waals surface area contributed by atoms with Crippen molar-refractivity contribution < 1.29 is 4.74 Å². The lowest BCUT2D eigenvalue weighted by Crippen LogP contribution is -2.12. The number of hydrogen-bond acceptors (Lipinski definition) is 2. The molecule has 0 spiro atoms. The Bertz CT molecular complexity index is 658. The highest BCUT2D eigenvalue weighted by atomic mass is 16.5. The minimum atomic E-state index is 0.640. The standard InChI is InChI=1S/C21H23NO/c1-2-23-21-13-11-20(12-14-21)19-9-7-18(8-10-19)17-5-3-16(15-22)4-6-17/h3-6,11-14,18-19H,2,7-10H2,1H3/t18-,19-. The van der Waals surface area contributed by atoms with E-state index in [0.29, 0.717) is 11.8 Å². The van der Waals surface area contributed by atoms with Crippen LogP contribution in [0.5, 0.6) is 5.75 Å². The van der Waals surface area contributed by atoms with Crippen LogP contribution in [0.4, 0.5) is 0 Å². The second-order valence-corrected chi connectivity index (χ2v) is 6.28. The lowest BCUT2D eigenvalue weighted by atomic mass is 9.76. The Kier molecular flexibility index (Phi) is 4.98. The van der Waals surface area contributed by atoms with E-state index < -0.39 is 0 Å². The Morgan fingerprint density at radius 3 is 1.78 bits per heavy atom. The number of hydrogen-bond donors (Lipinski definition) is 0. The maximum absolute atomic E-state index is 8.89. The molecule has 118 valence electrons. The van der Waals surface area contributed by atoms with Gasteiger partial charge in [0.15, 0.2) is 0 Å². The lowest BCUT2D eigenvalue weighted by molar-refractivity contribution is 0.339. The Morgan fingerprint density at radius 2 is 1.35 bits per heavy atom. The first-order valence-corrected chi connectivity index (χ1v) is 8.53. The fourth-order valence-electron chi connectivity index (χ4n) is 3.59.